The highest BCUT2D eigenvalue weighted by Gasteiger charge is 2.32. The third-order valence-corrected chi connectivity index (χ3v) is 8.43. The van der Waals surface area contributed by atoms with Gasteiger partial charge in [0.1, 0.15) is 18.3 Å². The molecule has 1 N–H and O–H groups in total. The fraction of sp³-hybridized carbons (Fsp3) is 0.481. The molecule has 1 unspecified atom stereocenters. The van der Waals surface area contributed by atoms with Crippen LogP contribution < -0.4 is 14.4 Å². The molecule has 2 amide bonds. The van der Waals surface area contributed by atoms with Crippen LogP contribution in [0.3, 0.4) is 0 Å². The summed E-state index contributed by atoms with van der Waals surface area (Å²) in [5.41, 5.74) is 0.907. The third kappa shape index (κ3) is 8.01. The van der Waals surface area contributed by atoms with Gasteiger partial charge in [-0.25, -0.2) is 8.42 Å². The average Bonchev–Trinajstić information content (AvgIpc) is 2.88. The maximum atomic E-state index is 13.8. The summed E-state index contributed by atoms with van der Waals surface area (Å²) in [5.74, 6) is -0.489. The molecule has 1 aliphatic carbocycles. The number of carbonyl (C=O) groups is 2. The molecule has 1 atom stereocenters. The van der Waals surface area contributed by atoms with E-state index in [0.717, 1.165) is 42.7 Å². The van der Waals surface area contributed by atoms with Gasteiger partial charge in [0.05, 0.1) is 28.6 Å². The van der Waals surface area contributed by atoms with E-state index in [1.807, 2.05) is 0 Å². The summed E-state index contributed by atoms with van der Waals surface area (Å²) in [4.78, 5) is 28.4. The maximum absolute atomic E-state index is 13.8. The highest BCUT2D eigenvalue weighted by Crippen LogP contribution is 2.30. The summed E-state index contributed by atoms with van der Waals surface area (Å²) in [5, 5.41) is 3.76. The first kappa shape index (κ1) is 30.1. The minimum Gasteiger partial charge on any atom is -0.492 e. The molecule has 2 aromatic carbocycles. The van der Waals surface area contributed by atoms with Gasteiger partial charge in [-0.15, -0.1) is 0 Å². The Balaban J connectivity index is 1.92. The summed E-state index contributed by atoms with van der Waals surface area (Å²) in [6, 6.07) is 10.8. The summed E-state index contributed by atoms with van der Waals surface area (Å²) in [6.45, 7) is 3.29. The highest BCUT2D eigenvalue weighted by atomic mass is 35.5. The van der Waals surface area contributed by atoms with Crippen molar-refractivity contribution >= 4 is 50.7 Å². The predicted octanol–water partition coefficient (Wildman–Crippen LogP) is 5.02. The smallest absolute Gasteiger partial charge is 0.244 e. The van der Waals surface area contributed by atoms with Crippen molar-refractivity contribution in [2.75, 3.05) is 23.7 Å². The number of ether oxygens (including phenoxy) is 1. The van der Waals surface area contributed by atoms with Gasteiger partial charge in [0.15, 0.2) is 0 Å². The molecule has 0 aliphatic heterocycles. The van der Waals surface area contributed by atoms with E-state index >= 15 is 0 Å². The zero-order valence-electron chi connectivity index (χ0n) is 22.0. The molecule has 208 valence electrons. The van der Waals surface area contributed by atoms with Gasteiger partial charge in [-0.1, -0.05) is 60.7 Å². The number of hydrogen-bond donors (Lipinski definition) is 1. The Morgan fingerprint density at radius 3 is 2.39 bits per heavy atom. The number of halogens is 2. The third-order valence-electron chi connectivity index (χ3n) is 6.57. The number of hydrogen-bond acceptors (Lipinski definition) is 5. The van der Waals surface area contributed by atoms with Crippen LogP contribution in [0.2, 0.25) is 10.0 Å². The molecule has 0 aromatic heterocycles. The molecule has 38 heavy (non-hydrogen) atoms. The summed E-state index contributed by atoms with van der Waals surface area (Å²) >= 11 is 12.3. The number of anilines is 1. The van der Waals surface area contributed by atoms with Gasteiger partial charge in [-0.3, -0.25) is 13.9 Å². The Labute approximate surface area is 235 Å². The fourth-order valence-corrected chi connectivity index (χ4v) is 5.70. The van der Waals surface area contributed by atoms with E-state index in [-0.39, 0.29) is 24.2 Å². The molecule has 0 radical (unpaired) electrons. The number of rotatable bonds is 11. The molecule has 0 heterocycles. The number of nitrogens with zero attached hydrogens (tertiary/aromatic N) is 2. The number of para-hydroxylation sites is 2. The van der Waals surface area contributed by atoms with E-state index in [0.29, 0.717) is 28.0 Å². The van der Waals surface area contributed by atoms with Crippen LogP contribution in [0.25, 0.3) is 0 Å². The topological polar surface area (TPSA) is 96.0 Å². The first-order chi connectivity index (χ1) is 18.0. The van der Waals surface area contributed by atoms with E-state index in [2.05, 4.69) is 5.32 Å². The standard InChI is InChI=1S/C27H35Cl2N3O5S/c1-4-37-25-13-9-8-12-24(25)32(38(3,35)36)18-26(33)31(17-20-14-15-22(28)23(29)16-20)19(2)27(34)30-21-10-6-5-7-11-21/h8-9,12-16,19,21H,4-7,10-11,17-18H2,1-3H3,(H,30,34). The molecule has 2 aromatic rings. The van der Waals surface area contributed by atoms with E-state index < -0.39 is 28.5 Å². The predicted molar refractivity (Wildman–Crippen MR) is 151 cm³/mol. The lowest BCUT2D eigenvalue weighted by Crippen LogP contribution is -2.53. The Morgan fingerprint density at radius 2 is 1.76 bits per heavy atom. The van der Waals surface area contributed by atoms with Crippen LogP contribution in [0.15, 0.2) is 42.5 Å². The minimum absolute atomic E-state index is 0.0414. The number of benzene rings is 2. The molecule has 0 spiro atoms. The quantitative estimate of drug-likeness (QED) is 0.400. The lowest BCUT2D eigenvalue weighted by atomic mass is 9.95. The number of sulfonamides is 1. The molecule has 0 saturated heterocycles. The Bertz CT molecular complexity index is 1230. The second-order valence-corrected chi connectivity index (χ2v) is 12.2. The molecule has 1 fully saturated rings. The van der Waals surface area contributed by atoms with Crippen molar-refractivity contribution in [3.8, 4) is 5.75 Å². The van der Waals surface area contributed by atoms with Gasteiger partial charge in [0, 0.05) is 12.6 Å². The van der Waals surface area contributed by atoms with Gasteiger partial charge < -0.3 is 15.0 Å². The second kappa shape index (κ2) is 13.5. The maximum Gasteiger partial charge on any atom is 0.244 e. The van der Waals surface area contributed by atoms with Crippen LogP contribution in [-0.4, -0.2) is 56.6 Å². The van der Waals surface area contributed by atoms with E-state index in [1.165, 1.54) is 4.90 Å². The summed E-state index contributed by atoms with van der Waals surface area (Å²) in [7, 11) is -3.87. The SMILES string of the molecule is CCOc1ccccc1N(CC(=O)N(Cc1ccc(Cl)c(Cl)c1)C(C)C(=O)NC1CCCCC1)S(C)(=O)=O. The number of nitrogens with one attached hydrogen (secondary N) is 1. The number of amides is 2. The normalized spacial score (nSPS) is 15.0. The van der Waals surface area contributed by atoms with E-state index in [1.54, 1.807) is 56.3 Å². The molecule has 11 heteroatoms. The molecule has 1 aliphatic rings. The highest BCUT2D eigenvalue weighted by molar-refractivity contribution is 7.92. The largest absolute Gasteiger partial charge is 0.492 e. The molecule has 0 bridgehead atoms. The van der Waals surface area contributed by atoms with Crippen molar-refractivity contribution in [3.05, 3.63) is 58.1 Å². The Morgan fingerprint density at radius 1 is 1.08 bits per heavy atom. The summed E-state index contributed by atoms with van der Waals surface area (Å²) in [6.07, 6.45) is 6.08. The zero-order chi connectivity index (χ0) is 27.9. The number of carbonyl (C=O) groups excluding carboxylic acids is 2. The van der Waals surface area contributed by atoms with Crippen LogP contribution in [0.5, 0.6) is 5.75 Å². The molecular weight excluding hydrogens is 549 g/mol. The lowest BCUT2D eigenvalue weighted by molar-refractivity contribution is -0.139. The molecule has 1 saturated carbocycles. The Kier molecular flexibility index (Phi) is 10.7. The molecule has 8 nitrogen and oxygen atoms in total. The first-order valence-corrected chi connectivity index (χ1v) is 15.3. The van der Waals surface area contributed by atoms with Crippen LogP contribution in [-0.2, 0) is 26.2 Å². The lowest BCUT2D eigenvalue weighted by Gasteiger charge is -2.33. The minimum atomic E-state index is -3.87. The Hall–Kier alpha value is -2.49. The van der Waals surface area contributed by atoms with Crippen molar-refractivity contribution in [3.63, 3.8) is 0 Å². The van der Waals surface area contributed by atoms with Crippen molar-refractivity contribution in [1.29, 1.82) is 0 Å². The monoisotopic (exact) mass is 583 g/mol. The van der Waals surface area contributed by atoms with Crippen LogP contribution >= 0.6 is 23.2 Å². The van der Waals surface area contributed by atoms with Crippen molar-refractivity contribution < 1.29 is 22.7 Å². The molecule has 3 rings (SSSR count). The van der Waals surface area contributed by atoms with Crippen molar-refractivity contribution in [2.45, 2.75) is 64.6 Å². The van der Waals surface area contributed by atoms with Crippen molar-refractivity contribution in [1.82, 2.24) is 10.2 Å². The van der Waals surface area contributed by atoms with Gasteiger partial charge in [-0.2, -0.15) is 0 Å². The van der Waals surface area contributed by atoms with Gasteiger partial charge >= 0.3 is 0 Å². The van der Waals surface area contributed by atoms with Crippen molar-refractivity contribution in [2.24, 2.45) is 0 Å². The van der Waals surface area contributed by atoms with Gasteiger partial charge in [-0.05, 0) is 56.5 Å². The first-order valence-electron chi connectivity index (χ1n) is 12.7. The average molecular weight is 585 g/mol. The van der Waals surface area contributed by atoms with Gasteiger partial charge in [0.2, 0.25) is 21.8 Å². The summed E-state index contributed by atoms with van der Waals surface area (Å²) < 4.78 is 32.3. The zero-order valence-corrected chi connectivity index (χ0v) is 24.3. The fourth-order valence-electron chi connectivity index (χ4n) is 4.52. The van der Waals surface area contributed by atoms with E-state index in [4.69, 9.17) is 27.9 Å². The van der Waals surface area contributed by atoms with Crippen LogP contribution in [0.1, 0.15) is 51.5 Å². The van der Waals surface area contributed by atoms with E-state index in [9.17, 15) is 18.0 Å². The van der Waals surface area contributed by atoms with Gasteiger partial charge in [0.25, 0.3) is 0 Å². The molecular formula is C27H35Cl2N3O5S. The second-order valence-electron chi connectivity index (χ2n) is 9.46. The van der Waals surface area contributed by atoms with Crippen LogP contribution in [0.4, 0.5) is 5.69 Å². The van der Waals surface area contributed by atoms with Crippen LogP contribution in [0, 0.1) is 0 Å².